The molecule has 0 amide bonds. The quantitative estimate of drug-likeness (QED) is 0.576. The van der Waals surface area contributed by atoms with Crippen molar-refractivity contribution in [3.05, 3.63) is 52.5 Å². The number of hydrogen-bond acceptors (Lipinski definition) is 2. The molecule has 0 saturated carbocycles. The van der Waals surface area contributed by atoms with Gasteiger partial charge in [-0.25, -0.2) is 0 Å². The van der Waals surface area contributed by atoms with Crippen molar-refractivity contribution in [1.29, 1.82) is 0 Å². The van der Waals surface area contributed by atoms with Crippen LogP contribution in [-0.4, -0.2) is 7.05 Å². The van der Waals surface area contributed by atoms with Gasteiger partial charge in [0.05, 0.1) is 14.9 Å². The molecule has 0 fully saturated rings. The van der Waals surface area contributed by atoms with Crippen molar-refractivity contribution in [2.75, 3.05) is 7.05 Å². The zero-order valence-corrected chi connectivity index (χ0v) is 15.6. The zero-order chi connectivity index (χ0) is 13.3. The fourth-order valence-electron chi connectivity index (χ4n) is 1.69. The minimum Gasteiger partial charge on any atom is -0.309 e. The van der Waals surface area contributed by atoms with E-state index >= 15 is 0 Å². The van der Waals surface area contributed by atoms with E-state index in [0.717, 1.165) is 17.8 Å². The highest BCUT2D eigenvalue weighted by molar-refractivity contribution is 9.11. The molecule has 1 nitrogen and oxygen atoms in total. The molecular formula is C12H9Br3ClNS. The minimum atomic E-state index is 0.116. The lowest BCUT2D eigenvalue weighted by Crippen LogP contribution is -2.17. The highest BCUT2D eigenvalue weighted by Gasteiger charge is 2.18. The van der Waals surface area contributed by atoms with Gasteiger partial charge in [-0.1, -0.05) is 43.5 Å². The van der Waals surface area contributed by atoms with Crippen LogP contribution in [0.15, 0.2) is 37.0 Å². The van der Waals surface area contributed by atoms with E-state index in [2.05, 4.69) is 59.2 Å². The second kappa shape index (κ2) is 6.37. The predicted octanol–water partition coefficient (Wildman–Crippen LogP) is 6.00. The van der Waals surface area contributed by atoms with Crippen molar-refractivity contribution in [2.45, 2.75) is 6.04 Å². The summed E-state index contributed by atoms with van der Waals surface area (Å²) in [6.45, 7) is 0. The van der Waals surface area contributed by atoms with Gasteiger partial charge in [0.2, 0.25) is 0 Å². The normalized spacial score (nSPS) is 12.7. The molecule has 18 heavy (non-hydrogen) atoms. The molecular weight excluding hydrogens is 465 g/mol. The topological polar surface area (TPSA) is 12.0 Å². The summed E-state index contributed by atoms with van der Waals surface area (Å²) in [5, 5.41) is 4.07. The van der Waals surface area contributed by atoms with Crippen molar-refractivity contribution in [3.63, 3.8) is 0 Å². The molecule has 0 saturated heterocycles. The van der Waals surface area contributed by atoms with Crippen LogP contribution in [0.5, 0.6) is 0 Å². The molecule has 0 radical (unpaired) electrons. The lowest BCUT2D eigenvalue weighted by Gasteiger charge is -2.17. The van der Waals surface area contributed by atoms with Gasteiger partial charge in [-0.3, -0.25) is 0 Å². The largest absolute Gasteiger partial charge is 0.309 e. The summed E-state index contributed by atoms with van der Waals surface area (Å²) in [5.41, 5.74) is 1.18. The number of nitrogens with one attached hydrogen (secondary N) is 1. The van der Waals surface area contributed by atoms with E-state index in [1.165, 1.54) is 10.4 Å². The first-order chi connectivity index (χ1) is 8.52. The summed E-state index contributed by atoms with van der Waals surface area (Å²) in [6, 6.07) is 8.26. The van der Waals surface area contributed by atoms with Crippen LogP contribution in [0.25, 0.3) is 0 Å². The molecule has 0 bridgehead atoms. The van der Waals surface area contributed by atoms with Crippen LogP contribution in [0.3, 0.4) is 0 Å². The Bertz CT molecular complexity index is 551. The van der Waals surface area contributed by atoms with E-state index in [4.69, 9.17) is 11.6 Å². The Balaban J connectivity index is 2.48. The van der Waals surface area contributed by atoms with Gasteiger partial charge in [-0.15, -0.1) is 11.3 Å². The Hall–Kier alpha value is 0.610. The number of thiophene rings is 1. The van der Waals surface area contributed by atoms with Gasteiger partial charge < -0.3 is 5.32 Å². The molecule has 1 atom stereocenters. The van der Waals surface area contributed by atoms with Crippen molar-refractivity contribution in [3.8, 4) is 0 Å². The van der Waals surface area contributed by atoms with E-state index < -0.39 is 0 Å². The number of rotatable bonds is 3. The predicted molar refractivity (Wildman–Crippen MR) is 89.8 cm³/mol. The van der Waals surface area contributed by atoms with Crippen LogP contribution in [0.2, 0.25) is 5.02 Å². The van der Waals surface area contributed by atoms with Crippen molar-refractivity contribution in [1.82, 2.24) is 5.32 Å². The average Bonchev–Trinajstić information content (AvgIpc) is 2.65. The first-order valence-corrected chi connectivity index (χ1v) is 8.67. The Labute approximate surface area is 140 Å². The molecule has 1 aromatic carbocycles. The van der Waals surface area contributed by atoms with E-state index in [1.54, 1.807) is 11.3 Å². The molecule has 96 valence electrons. The molecule has 1 heterocycles. The molecule has 1 aromatic heterocycles. The van der Waals surface area contributed by atoms with E-state index in [1.807, 2.05) is 25.2 Å². The van der Waals surface area contributed by atoms with Crippen LogP contribution in [0.1, 0.15) is 16.5 Å². The number of hydrogen-bond donors (Lipinski definition) is 1. The fourth-order valence-corrected chi connectivity index (χ4v) is 4.42. The molecule has 0 aliphatic rings. The SMILES string of the molecule is CNC(c1cc(Cl)c(Br)s1)c1cc(Br)ccc1Br. The molecule has 2 rings (SSSR count). The van der Waals surface area contributed by atoms with Gasteiger partial charge in [-0.05, 0) is 52.8 Å². The molecule has 2 aromatic rings. The van der Waals surface area contributed by atoms with Crippen LogP contribution in [0, 0.1) is 0 Å². The van der Waals surface area contributed by atoms with E-state index in [-0.39, 0.29) is 6.04 Å². The summed E-state index contributed by atoms with van der Waals surface area (Å²) < 4.78 is 3.10. The Morgan fingerprint density at radius 2 is 1.94 bits per heavy atom. The van der Waals surface area contributed by atoms with Gasteiger partial charge in [-0.2, -0.15) is 0 Å². The third kappa shape index (κ3) is 3.19. The van der Waals surface area contributed by atoms with Crippen LogP contribution in [0.4, 0.5) is 0 Å². The van der Waals surface area contributed by atoms with Crippen LogP contribution < -0.4 is 5.32 Å². The Morgan fingerprint density at radius 3 is 2.50 bits per heavy atom. The molecule has 1 unspecified atom stereocenters. The Kier molecular flexibility index (Phi) is 5.31. The summed E-state index contributed by atoms with van der Waals surface area (Å²) in [7, 11) is 1.94. The lowest BCUT2D eigenvalue weighted by molar-refractivity contribution is 0.700. The van der Waals surface area contributed by atoms with Gasteiger partial charge in [0.1, 0.15) is 0 Å². The first kappa shape index (κ1) is 15.0. The zero-order valence-electron chi connectivity index (χ0n) is 9.31. The maximum absolute atomic E-state index is 6.10. The average molecular weight is 474 g/mol. The standard InChI is InChI=1S/C12H9Br3ClNS/c1-17-11(10-5-9(16)12(15)18-10)7-4-6(13)2-3-8(7)14/h2-5,11,17H,1H3. The smallest absolute Gasteiger partial charge is 0.0888 e. The van der Waals surface area contributed by atoms with E-state index in [0.29, 0.717) is 0 Å². The van der Waals surface area contributed by atoms with E-state index in [9.17, 15) is 0 Å². The monoisotopic (exact) mass is 471 g/mol. The number of benzene rings is 1. The van der Waals surface area contributed by atoms with Gasteiger partial charge in [0.25, 0.3) is 0 Å². The summed E-state index contributed by atoms with van der Waals surface area (Å²) in [4.78, 5) is 1.17. The molecule has 0 aliphatic carbocycles. The van der Waals surface area contributed by atoms with Gasteiger partial charge >= 0.3 is 0 Å². The van der Waals surface area contributed by atoms with Crippen molar-refractivity contribution < 1.29 is 0 Å². The Morgan fingerprint density at radius 1 is 1.22 bits per heavy atom. The maximum atomic E-state index is 6.10. The summed E-state index contributed by atoms with van der Waals surface area (Å²) in [5.74, 6) is 0. The second-order valence-electron chi connectivity index (χ2n) is 3.66. The van der Waals surface area contributed by atoms with Crippen molar-refractivity contribution in [2.24, 2.45) is 0 Å². The minimum absolute atomic E-state index is 0.116. The number of halogens is 4. The van der Waals surface area contributed by atoms with Crippen LogP contribution in [-0.2, 0) is 0 Å². The molecule has 1 N–H and O–H groups in total. The summed E-state index contributed by atoms with van der Waals surface area (Å²) in [6.07, 6.45) is 0. The molecule has 0 aliphatic heterocycles. The highest BCUT2D eigenvalue weighted by atomic mass is 79.9. The maximum Gasteiger partial charge on any atom is 0.0888 e. The highest BCUT2D eigenvalue weighted by Crippen LogP contribution is 2.39. The van der Waals surface area contributed by atoms with Crippen molar-refractivity contribution >= 4 is 70.7 Å². The third-order valence-electron chi connectivity index (χ3n) is 2.51. The van der Waals surface area contributed by atoms with Gasteiger partial charge in [0.15, 0.2) is 0 Å². The second-order valence-corrected chi connectivity index (χ2v) is 8.24. The molecule has 0 spiro atoms. The van der Waals surface area contributed by atoms with Gasteiger partial charge in [0, 0.05) is 13.8 Å². The fraction of sp³-hybridized carbons (Fsp3) is 0.167. The lowest BCUT2D eigenvalue weighted by atomic mass is 10.1. The first-order valence-electron chi connectivity index (χ1n) is 5.10. The van der Waals surface area contributed by atoms with Crippen LogP contribution >= 0.6 is 70.7 Å². The molecule has 6 heteroatoms. The third-order valence-corrected chi connectivity index (χ3v) is 6.26. The summed E-state index contributed by atoms with van der Waals surface area (Å²) >= 11 is 18.3.